The number of rotatable bonds is 10. The molecule has 1 aromatic rings. The fourth-order valence-corrected chi connectivity index (χ4v) is 2.51. The number of hydrogen-bond acceptors (Lipinski definition) is 4. The van der Waals surface area contributed by atoms with Crippen LogP contribution in [0.2, 0.25) is 0 Å². The molecule has 0 bridgehead atoms. The van der Waals surface area contributed by atoms with Crippen LogP contribution in [0.15, 0.2) is 24.3 Å². The van der Waals surface area contributed by atoms with Gasteiger partial charge in [-0.25, -0.2) is 0 Å². The summed E-state index contributed by atoms with van der Waals surface area (Å²) in [6.45, 7) is 5.38. The van der Waals surface area contributed by atoms with Gasteiger partial charge < -0.3 is 21.3 Å². The summed E-state index contributed by atoms with van der Waals surface area (Å²) in [5, 5.41) is 10.1. The van der Waals surface area contributed by atoms with E-state index in [0.29, 0.717) is 5.92 Å². The molecule has 0 fully saturated rings. The Labute approximate surface area is 128 Å². The van der Waals surface area contributed by atoms with Gasteiger partial charge in [-0.3, -0.25) is 0 Å². The molecular formula is C17H30N2O2. The Balaban J connectivity index is 2.63. The molecule has 0 saturated heterocycles. The Bertz CT molecular complexity index is 392. The molecular weight excluding hydrogens is 264 g/mol. The summed E-state index contributed by atoms with van der Waals surface area (Å²) in [6, 6.07) is 7.05. The SMILES string of the molecule is CCCC(CCC)COc1cccc(C(O)[C@H](N)CN)c1. The van der Waals surface area contributed by atoms with Crippen molar-refractivity contribution in [3.05, 3.63) is 29.8 Å². The lowest BCUT2D eigenvalue weighted by Gasteiger charge is -2.19. The first-order chi connectivity index (χ1) is 10.1. The van der Waals surface area contributed by atoms with Crippen molar-refractivity contribution in [2.24, 2.45) is 17.4 Å². The first-order valence-electron chi connectivity index (χ1n) is 7.98. The van der Waals surface area contributed by atoms with Crippen molar-refractivity contribution in [3.63, 3.8) is 0 Å². The van der Waals surface area contributed by atoms with Crippen molar-refractivity contribution >= 4 is 0 Å². The van der Waals surface area contributed by atoms with Crippen LogP contribution in [0.25, 0.3) is 0 Å². The lowest BCUT2D eigenvalue weighted by molar-refractivity contribution is 0.148. The highest BCUT2D eigenvalue weighted by atomic mass is 16.5. The molecule has 0 heterocycles. The number of ether oxygens (including phenoxy) is 1. The van der Waals surface area contributed by atoms with E-state index in [-0.39, 0.29) is 6.54 Å². The minimum Gasteiger partial charge on any atom is -0.493 e. The molecule has 0 amide bonds. The van der Waals surface area contributed by atoms with Crippen molar-refractivity contribution in [1.82, 2.24) is 0 Å². The van der Waals surface area contributed by atoms with Gasteiger partial charge in [0.05, 0.1) is 12.7 Å². The van der Waals surface area contributed by atoms with Crippen molar-refractivity contribution < 1.29 is 9.84 Å². The molecule has 4 nitrogen and oxygen atoms in total. The molecule has 2 atom stereocenters. The van der Waals surface area contributed by atoms with Crippen LogP contribution < -0.4 is 16.2 Å². The molecule has 5 N–H and O–H groups in total. The maximum absolute atomic E-state index is 10.1. The zero-order valence-corrected chi connectivity index (χ0v) is 13.3. The molecule has 0 aromatic heterocycles. The van der Waals surface area contributed by atoms with Crippen LogP contribution in [0.5, 0.6) is 5.75 Å². The Morgan fingerprint density at radius 1 is 1.19 bits per heavy atom. The number of benzene rings is 1. The van der Waals surface area contributed by atoms with Gasteiger partial charge >= 0.3 is 0 Å². The van der Waals surface area contributed by atoms with Gasteiger partial charge in [0, 0.05) is 12.6 Å². The highest BCUT2D eigenvalue weighted by Crippen LogP contribution is 2.22. The van der Waals surface area contributed by atoms with Gasteiger partial charge in [0.15, 0.2) is 0 Å². The second-order valence-electron chi connectivity index (χ2n) is 5.67. The monoisotopic (exact) mass is 294 g/mol. The fraction of sp³-hybridized carbons (Fsp3) is 0.647. The van der Waals surface area contributed by atoms with E-state index < -0.39 is 12.1 Å². The van der Waals surface area contributed by atoms with Crippen LogP contribution in [0.3, 0.4) is 0 Å². The summed E-state index contributed by atoms with van der Waals surface area (Å²) in [5.41, 5.74) is 12.0. The van der Waals surface area contributed by atoms with Gasteiger partial charge in [0.1, 0.15) is 5.75 Å². The summed E-state index contributed by atoms with van der Waals surface area (Å²) in [7, 11) is 0. The lowest BCUT2D eigenvalue weighted by Crippen LogP contribution is -2.35. The largest absolute Gasteiger partial charge is 0.493 e. The molecule has 1 aromatic carbocycles. The van der Waals surface area contributed by atoms with Crippen molar-refractivity contribution in [1.29, 1.82) is 0 Å². The molecule has 1 rings (SSSR count). The predicted molar refractivity (Wildman–Crippen MR) is 87.2 cm³/mol. The van der Waals surface area contributed by atoms with Crippen LogP contribution in [-0.4, -0.2) is 24.3 Å². The number of aliphatic hydroxyl groups is 1. The fourth-order valence-electron chi connectivity index (χ4n) is 2.51. The molecule has 0 aliphatic carbocycles. The minimum absolute atomic E-state index is 0.251. The number of hydrogen-bond donors (Lipinski definition) is 3. The van der Waals surface area contributed by atoms with Gasteiger partial charge in [-0.2, -0.15) is 0 Å². The normalized spacial score (nSPS) is 14.2. The molecule has 0 aliphatic heterocycles. The van der Waals surface area contributed by atoms with E-state index >= 15 is 0 Å². The zero-order chi connectivity index (χ0) is 15.7. The number of nitrogens with two attached hydrogens (primary N) is 2. The molecule has 0 saturated carbocycles. The van der Waals surface area contributed by atoms with E-state index in [1.54, 1.807) is 0 Å². The Morgan fingerprint density at radius 2 is 1.86 bits per heavy atom. The third-order valence-electron chi connectivity index (χ3n) is 3.76. The molecule has 4 heteroatoms. The average molecular weight is 294 g/mol. The summed E-state index contributed by atoms with van der Waals surface area (Å²) < 4.78 is 5.89. The van der Waals surface area contributed by atoms with Crippen LogP contribution in [-0.2, 0) is 0 Å². The van der Waals surface area contributed by atoms with Crippen LogP contribution in [0.4, 0.5) is 0 Å². The molecule has 0 radical (unpaired) electrons. The Morgan fingerprint density at radius 3 is 2.43 bits per heavy atom. The lowest BCUT2D eigenvalue weighted by atomic mass is 9.99. The maximum Gasteiger partial charge on any atom is 0.119 e. The van der Waals surface area contributed by atoms with Gasteiger partial charge in [0.25, 0.3) is 0 Å². The summed E-state index contributed by atoms with van der Waals surface area (Å²) in [5.74, 6) is 1.38. The zero-order valence-electron chi connectivity index (χ0n) is 13.3. The van der Waals surface area contributed by atoms with E-state index in [1.807, 2.05) is 24.3 Å². The quantitative estimate of drug-likeness (QED) is 0.619. The van der Waals surface area contributed by atoms with E-state index in [2.05, 4.69) is 13.8 Å². The van der Waals surface area contributed by atoms with Crippen LogP contribution in [0, 0.1) is 5.92 Å². The van der Waals surface area contributed by atoms with Gasteiger partial charge in [-0.1, -0.05) is 38.8 Å². The Kier molecular flexibility index (Phi) is 8.35. The van der Waals surface area contributed by atoms with Crippen LogP contribution in [0.1, 0.15) is 51.2 Å². The number of aliphatic hydroxyl groups excluding tert-OH is 1. The third kappa shape index (κ3) is 6.04. The Hall–Kier alpha value is -1.10. The van der Waals surface area contributed by atoms with Gasteiger partial charge in [-0.05, 0) is 36.5 Å². The molecule has 0 aliphatic rings. The summed E-state index contributed by atoms with van der Waals surface area (Å²) in [4.78, 5) is 0. The first-order valence-corrected chi connectivity index (χ1v) is 7.98. The van der Waals surface area contributed by atoms with Crippen molar-refractivity contribution in [2.75, 3.05) is 13.2 Å². The van der Waals surface area contributed by atoms with E-state index in [4.69, 9.17) is 16.2 Å². The standard InChI is InChI=1S/C17H30N2O2/c1-3-6-13(7-4-2)12-21-15-9-5-8-14(10-15)17(20)16(19)11-18/h5,8-10,13,16-17,20H,3-4,6-7,11-12,18-19H2,1-2H3/t16-,17?/m1/s1. The van der Waals surface area contributed by atoms with E-state index in [0.717, 1.165) is 17.9 Å². The van der Waals surface area contributed by atoms with E-state index in [9.17, 15) is 5.11 Å². The highest BCUT2D eigenvalue weighted by Gasteiger charge is 2.16. The van der Waals surface area contributed by atoms with Crippen molar-refractivity contribution in [3.8, 4) is 5.75 Å². The molecule has 120 valence electrons. The third-order valence-corrected chi connectivity index (χ3v) is 3.76. The molecule has 21 heavy (non-hydrogen) atoms. The van der Waals surface area contributed by atoms with Crippen molar-refractivity contribution in [2.45, 2.75) is 51.7 Å². The topological polar surface area (TPSA) is 81.5 Å². The van der Waals surface area contributed by atoms with Crippen LogP contribution >= 0.6 is 0 Å². The molecule has 1 unspecified atom stereocenters. The summed E-state index contributed by atoms with van der Waals surface area (Å²) >= 11 is 0. The van der Waals surface area contributed by atoms with Gasteiger partial charge in [-0.15, -0.1) is 0 Å². The molecule has 0 spiro atoms. The van der Waals surface area contributed by atoms with E-state index in [1.165, 1.54) is 25.7 Å². The maximum atomic E-state index is 10.1. The second-order valence-corrected chi connectivity index (χ2v) is 5.67. The first kappa shape index (κ1) is 18.0. The summed E-state index contributed by atoms with van der Waals surface area (Å²) in [6.07, 6.45) is 3.99. The van der Waals surface area contributed by atoms with Gasteiger partial charge in [0.2, 0.25) is 0 Å². The second kappa shape index (κ2) is 9.77. The smallest absolute Gasteiger partial charge is 0.119 e. The predicted octanol–water partition coefficient (Wildman–Crippen LogP) is 2.60. The average Bonchev–Trinajstić information content (AvgIpc) is 2.52. The highest BCUT2D eigenvalue weighted by molar-refractivity contribution is 5.30. The minimum atomic E-state index is -0.749.